The number of nitrogens with zero attached hydrogens (tertiary/aromatic N) is 1. The van der Waals surface area contributed by atoms with E-state index in [-0.39, 0.29) is 42.8 Å². The van der Waals surface area contributed by atoms with E-state index in [1.165, 1.54) is 12.0 Å². The molecule has 1 spiro atoms. The van der Waals surface area contributed by atoms with Crippen molar-refractivity contribution in [3.05, 3.63) is 28.8 Å². The molecule has 1 aromatic rings. The molecule has 2 N–H and O–H groups in total. The van der Waals surface area contributed by atoms with Gasteiger partial charge >= 0.3 is 0 Å². The van der Waals surface area contributed by atoms with Crippen molar-refractivity contribution < 1.29 is 19.1 Å². The maximum atomic E-state index is 13.3. The highest BCUT2D eigenvalue weighted by Gasteiger charge is 2.70. The van der Waals surface area contributed by atoms with E-state index in [2.05, 4.69) is 10.6 Å². The van der Waals surface area contributed by atoms with Crippen LogP contribution in [0.4, 0.5) is 5.69 Å². The number of carbonyl (C=O) groups excluding carboxylic acids is 3. The van der Waals surface area contributed by atoms with Gasteiger partial charge in [-0.3, -0.25) is 24.6 Å². The first-order valence-electron chi connectivity index (χ1n) is 9.06. The van der Waals surface area contributed by atoms with Crippen LogP contribution in [-0.4, -0.2) is 48.9 Å². The monoisotopic (exact) mass is 391 g/mol. The summed E-state index contributed by atoms with van der Waals surface area (Å²) in [5, 5.41) is 6.70. The third-order valence-corrected chi connectivity index (χ3v) is 6.18. The van der Waals surface area contributed by atoms with Crippen molar-refractivity contribution >= 4 is 35.0 Å². The number of hydrogen-bond acceptors (Lipinski definition) is 5. The number of ether oxygens (including phenoxy) is 1. The molecular weight excluding hydrogens is 370 g/mol. The first-order chi connectivity index (χ1) is 12.8. The Hall–Kier alpha value is -1.96. The number of fused-ring (bicyclic) bond motifs is 4. The predicted molar refractivity (Wildman–Crippen MR) is 99.1 cm³/mol. The van der Waals surface area contributed by atoms with Crippen molar-refractivity contribution in [2.24, 2.45) is 17.8 Å². The molecule has 2 fully saturated rings. The molecule has 3 heterocycles. The predicted octanol–water partition coefficient (Wildman–Crippen LogP) is 1.36. The minimum Gasteiger partial charge on any atom is -0.383 e. The normalized spacial score (nSPS) is 31.8. The summed E-state index contributed by atoms with van der Waals surface area (Å²) in [6, 6.07) is 4.83. The number of imide groups is 1. The number of halogens is 1. The third-order valence-electron chi connectivity index (χ3n) is 5.94. The second kappa shape index (κ2) is 6.29. The molecule has 4 rings (SSSR count). The van der Waals surface area contributed by atoms with Gasteiger partial charge in [0.2, 0.25) is 17.7 Å². The zero-order valence-corrected chi connectivity index (χ0v) is 16.2. The summed E-state index contributed by atoms with van der Waals surface area (Å²) in [4.78, 5) is 40.7. The highest BCUT2D eigenvalue weighted by molar-refractivity contribution is 6.31. The molecule has 0 aliphatic carbocycles. The second-order valence-electron chi connectivity index (χ2n) is 7.69. The fraction of sp³-hybridized carbons (Fsp3) is 0.526. The number of hydrogen-bond donors (Lipinski definition) is 2. The summed E-state index contributed by atoms with van der Waals surface area (Å²) in [5.41, 5.74) is -0.0301. The third kappa shape index (κ3) is 2.38. The largest absolute Gasteiger partial charge is 0.383 e. The van der Waals surface area contributed by atoms with E-state index in [4.69, 9.17) is 16.3 Å². The molecule has 3 aliphatic rings. The van der Waals surface area contributed by atoms with E-state index in [9.17, 15) is 14.4 Å². The molecule has 1 aromatic carbocycles. The van der Waals surface area contributed by atoms with Gasteiger partial charge in [0.15, 0.2) is 0 Å². The lowest BCUT2D eigenvalue weighted by molar-refractivity contribution is -0.143. The van der Waals surface area contributed by atoms with Crippen molar-refractivity contribution in [2.75, 3.05) is 25.6 Å². The second-order valence-corrected chi connectivity index (χ2v) is 8.13. The molecule has 144 valence electrons. The van der Waals surface area contributed by atoms with Crippen LogP contribution in [0.25, 0.3) is 0 Å². The Balaban J connectivity index is 1.86. The minimum absolute atomic E-state index is 0.0621. The number of benzene rings is 1. The standard InChI is InChI=1S/C19H22ClN3O4/c1-9(2)15-13-14(17(25)23(16(13)24)6-7-27-3)19(22-15)11-8-10(20)4-5-12(11)21-18(19)26/h4-5,8-9,13-15,22H,6-7H2,1-3H3,(H,21,26)/t13-,14+,15-,19+/m1/s1. The van der Waals surface area contributed by atoms with Gasteiger partial charge in [-0.2, -0.15) is 0 Å². The summed E-state index contributed by atoms with van der Waals surface area (Å²) < 4.78 is 5.05. The van der Waals surface area contributed by atoms with Crippen LogP contribution in [-0.2, 0) is 24.7 Å². The lowest BCUT2D eigenvalue weighted by Gasteiger charge is -2.30. The van der Waals surface area contributed by atoms with Gasteiger partial charge in [-0.15, -0.1) is 0 Å². The van der Waals surface area contributed by atoms with Crippen LogP contribution in [0.5, 0.6) is 0 Å². The number of anilines is 1. The summed E-state index contributed by atoms with van der Waals surface area (Å²) >= 11 is 6.19. The average molecular weight is 392 g/mol. The number of likely N-dealkylation sites (tertiary alicyclic amines) is 1. The van der Waals surface area contributed by atoms with Crippen LogP contribution in [0, 0.1) is 17.8 Å². The van der Waals surface area contributed by atoms with Gasteiger partial charge in [0, 0.05) is 29.4 Å². The van der Waals surface area contributed by atoms with Gasteiger partial charge in [-0.25, -0.2) is 0 Å². The summed E-state index contributed by atoms with van der Waals surface area (Å²) in [7, 11) is 1.52. The van der Waals surface area contributed by atoms with Gasteiger partial charge in [0.05, 0.1) is 25.0 Å². The molecule has 0 saturated carbocycles. The smallest absolute Gasteiger partial charge is 0.250 e. The Labute approximate surface area is 162 Å². The van der Waals surface area contributed by atoms with Gasteiger partial charge in [0.25, 0.3) is 0 Å². The molecule has 0 unspecified atom stereocenters. The first-order valence-corrected chi connectivity index (χ1v) is 9.44. The number of amides is 3. The first kappa shape index (κ1) is 18.4. The summed E-state index contributed by atoms with van der Waals surface area (Å²) in [6.45, 7) is 4.41. The SMILES string of the molecule is COCCN1C(=O)[C@H]2[C@@H](C(C)C)N[C@]3(C(=O)Nc4ccc(Cl)cc43)[C@@H]2C1=O. The van der Waals surface area contributed by atoms with Gasteiger partial charge < -0.3 is 10.1 Å². The van der Waals surface area contributed by atoms with E-state index in [0.29, 0.717) is 16.3 Å². The zero-order chi connectivity index (χ0) is 19.5. The fourth-order valence-electron chi connectivity index (χ4n) is 4.74. The van der Waals surface area contributed by atoms with Crippen LogP contribution < -0.4 is 10.6 Å². The van der Waals surface area contributed by atoms with Crippen LogP contribution in [0.1, 0.15) is 19.4 Å². The highest BCUT2D eigenvalue weighted by Crippen LogP contribution is 2.54. The minimum atomic E-state index is -1.28. The quantitative estimate of drug-likeness (QED) is 0.757. The topological polar surface area (TPSA) is 87.7 Å². The lowest BCUT2D eigenvalue weighted by atomic mass is 9.76. The molecule has 27 heavy (non-hydrogen) atoms. The molecular formula is C19H22ClN3O4. The van der Waals surface area contributed by atoms with Crippen molar-refractivity contribution in [1.82, 2.24) is 10.2 Å². The van der Waals surface area contributed by atoms with Crippen molar-refractivity contribution in [2.45, 2.75) is 25.4 Å². The van der Waals surface area contributed by atoms with Gasteiger partial charge in [-0.05, 0) is 24.1 Å². The van der Waals surface area contributed by atoms with Crippen molar-refractivity contribution in [3.63, 3.8) is 0 Å². The fourth-order valence-corrected chi connectivity index (χ4v) is 4.91. The summed E-state index contributed by atoms with van der Waals surface area (Å²) in [5.74, 6) is -2.22. The van der Waals surface area contributed by atoms with Crippen LogP contribution in [0.15, 0.2) is 18.2 Å². The zero-order valence-electron chi connectivity index (χ0n) is 15.4. The van der Waals surface area contributed by atoms with Crippen LogP contribution in [0.3, 0.4) is 0 Å². The molecule has 2 saturated heterocycles. The van der Waals surface area contributed by atoms with Crippen molar-refractivity contribution in [1.29, 1.82) is 0 Å². The number of carbonyl (C=O) groups is 3. The van der Waals surface area contributed by atoms with E-state index in [0.717, 1.165) is 0 Å². The Morgan fingerprint density at radius 1 is 1.26 bits per heavy atom. The molecule has 0 radical (unpaired) electrons. The van der Waals surface area contributed by atoms with E-state index < -0.39 is 17.4 Å². The van der Waals surface area contributed by atoms with Gasteiger partial charge in [-0.1, -0.05) is 25.4 Å². The Morgan fingerprint density at radius 3 is 2.67 bits per heavy atom. The summed E-state index contributed by atoms with van der Waals surface area (Å²) in [6.07, 6.45) is 0. The van der Waals surface area contributed by atoms with E-state index >= 15 is 0 Å². The maximum Gasteiger partial charge on any atom is 0.250 e. The number of rotatable bonds is 4. The molecule has 7 nitrogen and oxygen atoms in total. The maximum absolute atomic E-state index is 13.3. The molecule has 0 bridgehead atoms. The number of nitrogens with one attached hydrogen (secondary N) is 2. The molecule has 3 amide bonds. The van der Waals surface area contributed by atoms with Crippen molar-refractivity contribution in [3.8, 4) is 0 Å². The number of methoxy groups -OCH3 is 1. The van der Waals surface area contributed by atoms with E-state index in [1.54, 1.807) is 18.2 Å². The molecule has 4 atom stereocenters. The average Bonchev–Trinajstić information content (AvgIpc) is 3.20. The molecule has 0 aromatic heterocycles. The highest BCUT2D eigenvalue weighted by atomic mass is 35.5. The Morgan fingerprint density at radius 2 is 2.00 bits per heavy atom. The molecule has 8 heteroatoms. The Bertz CT molecular complexity index is 842. The molecule has 3 aliphatic heterocycles. The Kier molecular flexibility index (Phi) is 4.29. The van der Waals surface area contributed by atoms with Gasteiger partial charge in [0.1, 0.15) is 5.54 Å². The lowest BCUT2D eigenvalue weighted by Crippen LogP contribution is -2.54. The van der Waals surface area contributed by atoms with Crippen LogP contribution in [0.2, 0.25) is 5.02 Å². The van der Waals surface area contributed by atoms with Crippen LogP contribution >= 0.6 is 11.6 Å². The van der Waals surface area contributed by atoms with E-state index in [1.807, 2.05) is 13.8 Å².